The first kappa shape index (κ1) is 23.0. The Morgan fingerprint density at radius 1 is 1.09 bits per heavy atom. The lowest BCUT2D eigenvalue weighted by atomic mass is 10.1. The van der Waals surface area contributed by atoms with Gasteiger partial charge in [0, 0.05) is 17.5 Å². The fourth-order valence-corrected chi connectivity index (χ4v) is 4.00. The molecule has 2 N–H and O–H groups in total. The number of hydrogen-bond acceptors (Lipinski definition) is 7. The summed E-state index contributed by atoms with van der Waals surface area (Å²) in [6, 6.07) is 17.3. The van der Waals surface area contributed by atoms with Gasteiger partial charge in [0.15, 0.2) is 5.90 Å². The van der Waals surface area contributed by atoms with E-state index in [0.717, 1.165) is 22.2 Å². The molecule has 0 bridgehead atoms. The van der Waals surface area contributed by atoms with E-state index in [1.165, 1.54) is 18.5 Å². The smallest absolute Gasteiger partial charge is 0.188 e. The maximum absolute atomic E-state index is 13.4. The summed E-state index contributed by atoms with van der Waals surface area (Å²) in [6.45, 7) is 0.579. The number of benzene rings is 3. The van der Waals surface area contributed by atoms with E-state index in [0.29, 0.717) is 41.1 Å². The zero-order valence-electron chi connectivity index (χ0n) is 18.6. The maximum atomic E-state index is 13.4. The van der Waals surface area contributed by atoms with Crippen LogP contribution in [0.5, 0.6) is 5.75 Å². The van der Waals surface area contributed by atoms with Crippen LogP contribution in [0.15, 0.2) is 72.0 Å². The normalized spacial score (nSPS) is 15.1. The molecule has 1 atom stereocenters. The molecule has 3 aromatic carbocycles. The molecule has 1 aliphatic heterocycles. The van der Waals surface area contributed by atoms with Gasteiger partial charge in [0.2, 0.25) is 0 Å². The molecule has 1 aliphatic rings. The molecule has 1 unspecified atom stereocenters. The Labute approximate surface area is 206 Å². The van der Waals surface area contributed by atoms with Crippen LogP contribution in [-0.4, -0.2) is 40.2 Å². The molecule has 0 amide bonds. The molecule has 178 valence electrons. The summed E-state index contributed by atoms with van der Waals surface area (Å²) in [5.74, 6) is 1.42. The number of aliphatic hydroxyl groups is 1. The first-order valence-corrected chi connectivity index (χ1v) is 11.4. The molecule has 0 fully saturated rings. The van der Waals surface area contributed by atoms with E-state index in [4.69, 9.17) is 21.1 Å². The van der Waals surface area contributed by atoms with Crippen molar-refractivity contribution in [3.8, 4) is 5.75 Å². The molecule has 9 heteroatoms. The van der Waals surface area contributed by atoms with Crippen molar-refractivity contribution in [3.63, 3.8) is 0 Å². The van der Waals surface area contributed by atoms with Crippen LogP contribution in [-0.2, 0) is 17.8 Å². The Balaban J connectivity index is 1.32. The topological polar surface area (TPSA) is 88.9 Å². The Hall–Kier alpha value is -3.75. The molecule has 2 heterocycles. The second-order valence-electron chi connectivity index (χ2n) is 8.11. The molecule has 0 spiro atoms. The number of hydrogen-bond donors (Lipinski definition) is 2. The van der Waals surface area contributed by atoms with Gasteiger partial charge in [-0.2, -0.15) is 0 Å². The Morgan fingerprint density at radius 2 is 2.00 bits per heavy atom. The lowest BCUT2D eigenvalue weighted by Crippen LogP contribution is -2.10. The standard InChI is InChI=1S/C26H22ClFN4O3/c27-22-11-19(5-7-24(22)34-13-17-2-1-3-18(28)8-17)32-26-21-9-16(4-6-23(21)29-15-30-26)10-25-31-20(12-33)14-35-25/h1-9,11,15,20,33H,10,12-14H2,(H,29,30,32). The van der Waals surface area contributed by atoms with Crippen LogP contribution < -0.4 is 10.1 Å². The molecule has 4 aromatic rings. The number of aromatic nitrogens is 2. The fourth-order valence-electron chi connectivity index (χ4n) is 3.77. The molecule has 0 aliphatic carbocycles. The minimum absolute atomic E-state index is 0.0275. The van der Waals surface area contributed by atoms with Crippen molar-refractivity contribution < 1.29 is 19.0 Å². The van der Waals surface area contributed by atoms with E-state index >= 15 is 0 Å². The van der Waals surface area contributed by atoms with Gasteiger partial charge >= 0.3 is 0 Å². The predicted molar refractivity (Wildman–Crippen MR) is 133 cm³/mol. The van der Waals surface area contributed by atoms with E-state index in [2.05, 4.69) is 20.3 Å². The minimum atomic E-state index is -0.310. The molecule has 1 aromatic heterocycles. The lowest BCUT2D eigenvalue weighted by Gasteiger charge is -2.12. The zero-order valence-corrected chi connectivity index (χ0v) is 19.4. The average molecular weight is 493 g/mol. The molecule has 0 saturated carbocycles. The van der Waals surface area contributed by atoms with Crippen LogP contribution in [0.1, 0.15) is 11.1 Å². The van der Waals surface area contributed by atoms with Crippen molar-refractivity contribution in [2.45, 2.75) is 19.1 Å². The van der Waals surface area contributed by atoms with Gasteiger partial charge in [0.05, 0.1) is 17.1 Å². The quantitative estimate of drug-likeness (QED) is 0.357. The van der Waals surface area contributed by atoms with E-state index in [1.54, 1.807) is 24.3 Å². The van der Waals surface area contributed by atoms with Crippen LogP contribution in [0.2, 0.25) is 5.02 Å². The lowest BCUT2D eigenvalue weighted by molar-refractivity contribution is 0.226. The van der Waals surface area contributed by atoms with Crippen LogP contribution in [0.3, 0.4) is 0 Å². The number of nitrogens with one attached hydrogen (secondary N) is 1. The van der Waals surface area contributed by atoms with Crippen molar-refractivity contribution in [3.05, 3.63) is 89.0 Å². The van der Waals surface area contributed by atoms with Gasteiger partial charge in [0.25, 0.3) is 0 Å². The fraction of sp³-hybridized carbons (Fsp3) is 0.192. The number of fused-ring (bicyclic) bond motifs is 1. The van der Waals surface area contributed by atoms with Crippen LogP contribution in [0.4, 0.5) is 15.9 Å². The number of aliphatic hydroxyl groups excluding tert-OH is 1. The molecule has 0 saturated heterocycles. The monoisotopic (exact) mass is 492 g/mol. The SMILES string of the molecule is OCC1COC(Cc2ccc3ncnc(Nc4ccc(OCc5cccc(F)c5)c(Cl)c4)c3c2)=N1. The first-order chi connectivity index (χ1) is 17.1. The predicted octanol–water partition coefficient (Wildman–Crippen LogP) is 5.08. The van der Waals surface area contributed by atoms with E-state index < -0.39 is 0 Å². The highest BCUT2D eigenvalue weighted by Gasteiger charge is 2.18. The Bertz CT molecular complexity index is 1400. The second-order valence-corrected chi connectivity index (χ2v) is 8.52. The summed E-state index contributed by atoms with van der Waals surface area (Å²) in [5, 5.41) is 13.8. The number of nitrogens with zero attached hydrogens (tertiary/aromatic N) is 3. The van der Waals surface area contributed by atoms with Crippen molar-refractivity contribution in [1.82, 2.24) is 9.97 Å². The van der Waals surface area contributed by atoms with Crippen molar-refractivity contribution >= 4 is 39.9 Å². The van der Waals surface area contributed by atoms with Crippen molar-refractivity contribution in [2.24, 2.45) is 4.99 Å². The number of rotatable bonds is 8. The molecule has 0 radical (unpaired) electrons. The highest BCUT2D eigenvalue weighted by atomic mass is 35.5. The summed E-state index contributed by atoms with van der Waals surface area (Å²) in [6.07, 6.45) is 2.02. The third-order valence-electron chi connectivity index (χ3n) is 5.51. The van der Waals surface area contributed by atoms with Crippen LogP contribution >= 0.6 is 11.6 Å². The minimum Gasteiger partial charge on any atom is -0.487 e. The van der Waals surface area contributed by atoms with Crippen molar-refractivity contribution in [2.75, 3.05) is 18.5 Å². The second kappa shape index (κ2) is 10.2. The number of anilines is 2. The summed E-state index contributed by atoms with van der Waals surface area (Å²) in [7, 11) is 0. The largest absolute Gasteiger partial charge is 0.487 e. The molecule has 35 heavy (non-hydrogen) atoms. The molecular weight excluding hydrogens is 471 g/mol. The Kier molecular flexibility index (Phi) is 6.74. The number of halogens is 2. The van der Waals surface area contributed by atoms with Gasteiger partial charge in [-0.15, -0.1) is 0 Å². The summed E-state index contributed by atoms with van der Waals surface area (Å²) < 4.78 is 24.7. The first-order valence-electron chi connectivity index (χ1n) is 11.0. The van der Waals surface area contributed by atoms with Gasteiger partial charge in [-0.3, -0.25) is 0 Å². The summed E-state index contributed by atoms with van der Waals surface area (Å²) in [4.78, 5) is 13.1. The van der Waals surface area contributed by atoms with Gasteiger partial charge in [0.1, 0.15) is 43.0 Å². The number of ether oxygens (including phenoxy) is 2. The highest BCUT2D eigenvalue weighted by molar-refractivity contribution is 6.32. The third kappa shape index (κ3) is 5.50. The average Bonchev–Trinajstić information content (AvgIpc) is 3.31. The zero-order chi connectivity index (χ0) is 24.2. The van der Waals surface area contributed by atoms with Crippen molar-refractivity contribution in [1.29, 1.82) is 0 Å². The van der Waals surface area contributed by atoms with Gasteiger partial charge in [-0.1, -0.05) is 29.8 Å². The summed E-state index contributed by atoms with van der Waals surface area (Å²) >= 11 is 6.44. The van der Waals surface area contributed by atoms with E-state index in [9.17, 15) is 9.50 Å². The van der Waals surface area contributed by atoms with Gasteiger partial charge in [-0.25, -0.2) is 19.4 Å². The highest BCUT2D eigenvalue weighted by Crippen LogP contribution is 2.31. The number of aliphatic imine (C=N–C) groups is 1. The van der Waals surface area contributed by atoms with E-state index in [-0.39, 0.29) is 25.1 Å². The molecule has 7 nitrogen and oxygen atoms in total. The van der Waals surface area contributed by atoms with E-state index in [1.807, 2.05) is 24.3 Å². The van der Waals surface area contributed by atoms with Crippen LogP contribution in [0.25, 0.3) is 10.9 Å². The summed E-state index contributed by atoms with van der Waals surface area (Å²) in [5.41, 5.74) is 3.22. The van der Waals surface area contributed by atoms with Gasteiger partial charge in [-0.05, 0) is 53.6 Å². The van der Waals surface area contributed by atoms with Crippen LogP contribution in [0, 0.1) is 5.82 Å². The van der Waals surface area contributed by atoms with Gasteiger partial charge < -0.3 is 19.9 Å². The molecule has 5 rings (SSSR count). The molecular formula is C26H22ClFN4O3. The maximum Gasteiger partial charge on any atom is 0.188 e. The third-order valence-corrected chi connectivity index (χ3v) is 5.81. The Morgan fingerprint density at radius 3 is 2.80 bits per heavy atom.